The molecule has 2 fully saturated rings. The van der Waals surface area contributed by atoms with E-state index in [1.54, 1.807) is 0 Å². The van der Waals surface area contributed by atoms with Crippen molar-refractivity contribution in [2.24, 2.45) is 16.3 Å². The number of ether oxygens (including phenoxy) is 2. The molecule has 1 aromatic rings. The van der Waals surface area contributed by atoms with E-state index >= 15 is 0 Å². The summed E-state index contributed by atoms with van der Waals surface area (Å²) >= 11 is 0. The van der Waals surface area contributed by atoms with E-state index in [0.29, 0.717) is 24.6 Å². The lowest BCUT2D eigenvalue weighted by atomic mass is 9.57. The van der Waals surface area contributed by atoms with E-state index < -0.39 is 0 Å². The van der Waals surface area contributed by atoms with Gasteiger partial charge in [-0.25, -0.2) is 0 Å². The van der Waals surface area contributed by atoms with Crippen LogP contribution in [0.25, 0.3) is 0 Å². The summed E-state index contributed by atoms with van der Waals surface area (Å²) < 4.78 is 11.8. The predicted molar refractivity (Wildman–Crippen MR) is 101 cm³/mol. The first-order valence-electron chi connectivity index (χ1n) is 9.24. The Hall–Kier alpha value is -1.75. The van der Waals surface area contributed by atoms with Gasteiger partial charge >= 0.3 is 0 Å². The van der Waals surface area contributed by atoms with Crippen molar-refractivity contribution in [2.75, 3.05) is 20.2 Å². The van der Waals surface area contributed by atoms with Crippen molar-refractivity contribution in [3.63, 3.8) is 0 Å². The largest absolute Gasteiger partial charge is 0.489 e. The van der Waals surface area contributed by atoms with Gasteiger partial charge in [0.15, 0.2) is 5.96 Å². The maximum Gasteiger partial charge on any atom is 0.191 e. The summed E-state index contributed by atoms with van der Waals surface area (Å²) in [4.78, 5) is 4.38. The van der Waals surface area contributed by atoms with Crippen LogP contribution in [-0.4, -0.2) is 44.4 Å². The fraction of sp³-hybridized carbons (Fsp3) is 0.650. The maximum absolute atomic E-state index is 5.95. The Morgan fingerprint density at radius 2 is 2.08 bits per heavy atom. The summed E-state index contributed by atoms with van der Waals surface area (Å²) in [5.74, 6) is 2.33. The first-order valence-corrected chi connectivity index (χ1v) is 9.24. The Labute approximate surface area is 151 Å². The molecular weight excluding hydrogens is 314 g/mol. The number of aliphatic imine (C=N–C) groups is 1. The zero-order valence-corrected chi connectivity index (χ0v) is 16.0. The van der Waals surface area contributed by atoms with Crippen molar-refractivity contribution in [2.45, 2.75) is 52.4 Å². The molecule has 1 aliphatic carbocycles. The lowest BCUT2D eigenvalue weighted by Crippen LogP contribution is -2.68. The summed E-state index contributed by atoms with van der Waals surface area (Å²) in [7, 11) is 1.81. The molecule has 1 heterocycles. The van der Waals surface area contributed by atoms with Crippen LogP contribution in [0, 0.1) is 18.3 Å². The van der Waals surface area contributed by atoms with E-state index in [1.807, 2.05) is 19.2 Å². The van der Waals surface area contributed by atoms with E-state index in [4.69, 9.17) is 9.47 Å². The molecule has 5 heteroatoms. The van der Waals surface area contributed by atoms with Crippen molar-refractivity contribution in [1.29, 1.82) is 0 Å². The molecule has 0 radical (unpaired) electrons. The summed E-state index contributed by atoms with van der Waals surface area (Å²) in [5.41, 5.74) is 1.38. The van der Waals surface area contributed by atoms with Crippen LogP contribution in [-0.2, 0) is 4.74 Å². The average molecular weight is 345 g/mol. The number of hydrogen-bond donors (Lipinski definition) is 2. The first kappa shape index (κ1) is 18.1. The molecule has 1 saturated carbocycles. The summed E-state index contributed by atoms with van der Waals surface area (Å²) in [6.45, 7) is 10.3. The van der Waals surface area contributed by atoms with Crippen molar-refractivity contribution in [1.82, 2.24) is 10.6 Å². The van der Waals surface area contributed by atoms with Gasteiger partial charge in [0.2, 0.25) is 0 Å². The molecule has 0 aromatic heterocycles. The number of aryl methyl sites for hydroxylation is 1. The fourth-order valence-corrected chi connectivity index (χ4v) is 4.09. The van der Waals surface area contributed by atoms with Crippen molar-refractivity contribution >= 4 is 5.96 Å². The van der Waals surface area contributed by atoms with Gasteiger partial charge in [-0.2, -0.15) is 0 Å². The van der Waals surface area contributed by atoms with Crippen LogP contribution < -0.4 is 15.4 Å². The third-order valence-corrected chi connectivity index (χ3v) is 5.53. The van der Waals surface area contributed by atoms with Gasteiger partial charge in [-0.05, 0) is 32.4 Å². The van der Waals surface area contributed by atoms with E-state index in [0.717, 1.165) is 24.7 Å². The number of hydrogen-bond acceptors (Lipinski definition) is 3. The number of guanidine groups is 1. The smallest absolute Gasteiger partial charge is 0.191 e. The second-order valence-corrected chi connectivity index (χ2v) is 7.88. The van der Waals surface area contributed by atoms with Crippen molar-refractivity contribution in [3.05, 3.63) is 29.8 Å². The molecule has 2 N–H and O–H groups in total. The van der Waals surface area contributed by atoms with E-state index in [-0.39, 0.29) is 11.5 Å². The van der Waals surface area contributed by atoms with Crippen LogP contribution >= 0.6 is 0 Å². The van der Waals surface area contributed by atoms with Gasteiger partial charge in [-0.3, -0.25) is 4.99 Å². The molecule has 4 unspecified atom stereocenters. The van der Waals surface area contributed by atoms with E-state index in [1.165, 1.54) is 5.56 Å². The van der Waals surface area contributed by atoms with E-state index in [2.05, 4.69) is 55.5 Å². The number of nitrogens with zero attached hydrogens (tertiary/aromatic N) is 1. The molecule has 2 aliphatic rings. The monoisotopic (exact) mass is 345 g/mol. The highest BCUT2D eigenvalue weighted by Gasteiger charge is 2.59. The molecule has 5 nitrogen and oxygen atoms in total. The van der Waals surface area contributed by atoms with E-state index in [9.17, 15) is 0 Å². The Bertz CT molecular complexity index is 612. The van der Waals surface area contributed by atoms with Crippen molar-refractivity contribution in [3.8, 4) is 5.75 Å². The minimum absolute atomic E-state index is 0.0539. The average Bonchev–Trinajstić information content (AvgIpc) is 3.04. The molecular formula is C20H31N3O2. The highest BCUT2D eigenvalue weighted by molar-refractivity contribution is 5.80. The molecule has 0 amide bonds. The maximum atomic E-state index is 5.95. The predicted octanol–water partition coefficient (Wildman–Crippen LogP) is 2.74. The number of rotatable bonds is 5. The molecule has 3 rings (SSSR count). The summed E-state index contributed by atoms with van der Waals surface area (Å²) in [5, 5.41) is 6.99. The minimum atomic E-state index is 0.0539. The van der Waals surface area contributed by atoms with Crippen LogP contribution in [0.1, 0.15) is 32.8 Å². The van der Waals surface area contributed by atoms with Crippen LogP contribution in [0.4, 0.5) is 0 Å². The third-order valence-electron chi connectivity index (χ3n) is 5.53. The topological polar surface area (TPSA) is 54.9 Å². The highest BCUT2D eigenvalue weighted by atomic mass is 16.5. The highest BCUT2D eigenvalue weighted by Crippen LogP contribution is 2.52. The normalized spacial score (nSPS) is 28.7. The standard InChI is InChI=1S/C20H31N3O2/c1-13-6-8-15(9-7-13)25-14(2)12-22-19(21-5)23-17-16-10-11-24-18(16)20(17,3)4/h6-9,14,16-18H,10-12H2,1-5H3,(H2,21,22,23). The van der Waals surface area contributed by atoms with Gasteiger partial charge in [0.1, 0.15) is 11.9 Å². The van der Waals surface area contributed by atoms with Crippen LogP contribution in [0.15, 0.2) is 29.3 Å². The SMILES string of the molecule is CN=C(NCC(C)Oc1ccc(C)cc1)NC1C2CCOC2C1(C)C. The number of nitrogens with one attached hydrogen (secondary N) is 2. The lowest BCUT2D eigenvalue weighted by Gasteiger charge is -2.54. The lowest BCUT2D eigenvalue weighted by molar-refractivity contribution is -0.106. The van der Waals surface area contributed by atoms with Crippen molar-refractivity contribution < 1.29 is 9.47 Å². The van der Waals surface area contributed by atoms with Gasteiger partial charge in [0, 0.05) is 31.0 Å². The van der Waals surface area contributed by atoms with Gasteiger partial charge in [0.25, 0.3) is 0 Å². The first-order chi connectivity index (χ1) is 11.9. The van der Waals surface area contributed by atoms with Gasteiger partial charge in [-0.1, -0.05) is 31.5 Å². The molecule has 0 bridgehead atoms. The van der Waals surface area contributed by atoms with Gasteiger partial charge in [-0.15, -0.1) is 0 Å². The Morgan fingerprint density at radius 1 is 1.36 bits per heavy atom. The Balaban J connectivity index is 1.48. The molecule has 138 valence electrons. The number of benzene rings is 1. The van der Waals surface area contributed by atoms with Crippen LogP contribution in [0.2, 0.25) is 0 Å². The summed E-state index contributed by atoms with van der Waals surface area (Å²) in [6.07, 6.45) is 1.57. The van der Waals surface area contributed by atoms with Crippen LogP contribution in [0.3, 0.4) is 0 Å². The zero-order valence-electron chi connectivity index (χ0n) is 16.0. The molecule has 1 aromatic carbocycles. The zero-order chi connectivity index (χ0) is 18.0. The Morgan fingerprint density at radius 3 is 2.76 bits per heavy atom. The molecule has 0 spiro atoms. The molecule has 25 heavy (non-hydrogen) atoms. The molecule has 1 saturated heterocycles. The van der Waals surface area contributed by atoms with Gasteiger partial charge < -0.3 is 20.1 Å². The second kappa shape index (κ2) is 7.24. The molecule has 1 aliphatic heterocycles. The number of fused-ring (bicyclic) bond motifs is 1. The third kappa shape index (κ3) is 3.76. The second-order valence-electron chi connectivity index (χ2n) is 7.88. The van der Waals surface area contributed by atoms with Crippen LogP contribution in [0.5, 0.6) is 5.75 Å². The molecule has 4 atom stereocenters. The quantitative estimate of drug-likeness (QED) is 0.636. The summed E-state index contributed by atoms with van der Waals surface area (Å²) in [6, 6.07) is 8.55. The van der Waals surface area contributed by atoms with Gasteiger partial charge in [0.05, 0.1) is 12.6 Å². The minimum Gasteiger partial charge on any atom is -0.489 e. The fourth-order valence-electron chi connectivity index (χ4n) is 4.09. The Kier molecular flexibility index (Phi) is 5.23.